The zero-order chi connectivity index (χ0) is 15.2. The summed E-state index contributed by atoms with van der Waals surface area (Å²) in [6.45, 7) is 5.04. The molecule has 1 aliphatic heterocycles. The molecule has 1 aromatic carbocycles. The first-order chi connectivity index (χ1) is 10.1. The van der Waals surface area contributed by atoms with Crippen molar-refractivity contribution in [1.82, 2.24) is 10.2 Å². The average molecular weight is 421 g/mol. The Bertz CT molecular complexity index is 504. The van der Waals surface area contributed by atoms with E-state index in [0.717, 1.165) is 37.7 Å². The summed E-state index contributed by atoms with van der Waals surface area (Å²) in [5.41, 5.74) is 1.72. The van der Waals surface area contributed by atoms with Crippen molar-refractivity contribution < 1.29 is 9.13 Å². The lowest BCUT2D eigenvalue weighted by Crippen LogP contribution is -2.41. The molecule has 1 atom stereocenters. The average Bonchev–Trinajstić information content (AvgIpc) is 2.96. The molecule has 22 heavy (non-hydrogen) atoms. The minimum absolute atomic E-state index is 0. The zero-order valence-electron chi connectivity index (χ0n) is 13.4. The Labute approximate surface area is 149 Å². The second kappa shape index (κ2) is 9.29. The number of hydrogen-bond donors (Lipinski definition) is 1. The molecule has 0 radical (unpaired) electrons. The number of aryl methyl sites for hydroxylation is 1. The number of ether oxygens (including phenoxy) is 1. The van der Waals surface area contributed by atoms with Crippen molar-refractivity contribution in [2.45, 2.75) is 19.9 Å². The highest BCUT2D eigenvalue weighted by atomic mass is 127. The van der Waals surface area contributed by atoms with E-state index < -0.39 is 0 Å². The number of halogens is 2. The predicted molar refractivity (Wildman–Crippen MR) is 98.3 cm³/mol. The minimum atomic E-state index is -0.165. The zero-order valence-corrected chi connectivity index (χ0v) is 15.8. The highest BCUT2D eigenvalue weighted by Crippen LogP contribution is 2.13. The molecular formula is C16H25FIN3O. The van der Waals surface area contributed by atoms with Crippen molar-refractivity contribution in [1.29, 1.82) is 0 Å². The normalized spacial score (nSPS) is 18.0. The number of rotatable bonds is 4. The summed E-state index contributed by atoms with van der Waals surface area (Å²) in [4.78, 5) is 6.42. The van der Waals surface area contributed by atoms with Crippen molar-refractivity contribution in [2.24, 2.45) is 10.9 Å². The predicted octanol–water partition coefficient (Wildman–Crippen LogP) is 2.80. The molecule has 1 unspecified atom stereocenters. The van der Waals surface area contributed by atoms with Crippen LogP contribution in [0.4, 0.5) is 4.39 Å². The summed E-state index contributed by atoms with van der Waals surface area (Å²) in [7, 11) is 3.81. The molecule has 0 amide bonds. The molecule has 4 nitrogen and oxygen atoms in total. The third kappa shape index (κ3) is 5.39. The molecule has 1 saturated heterocycles. The quantitative estimate of drug-likeness (QED) is 0.462. The SMILES string of the molecule is CN=C(NCc1ccc(F)c(C)c1)N(C)CC1CCOC1.I. The van der Waals surface area contributed by atoms with Gasteiger partial charge in [-0.15, -0.1) is 24.0 Å². The molecule has 0 aromatic heterocycles. The van der Waals surface area contributed by atoms with Crippen LogP contribution in [0.1, 0.15) is 17.5 Å². The summed E-state index contributed by atoms with van der Waals surface area (Å²) in [5.74, 6) is 1.26. The third-order valence-corrected chi connectivity index (χ3v) is 3.80. The third-order valence-electron chi connectivity index (χ3n) is 3.80. The van der Waals surface area contributed by atoms with Crippen LogP contribution in [0.2, 0.25) is 0 Å². The van der Waals surface area contributed by atoms with Gasteiger partial charge in [0.15, 0.2) is 5.96 Å². The lowest BCUT2D eigenvalue weighted by atomic mass is 10.1. The van der Waals surface area contributed by atoms with E-state index >= 15 is 0 Å². The van der Waals surface area contributed by atoms with E-state index in [4.69, 9.17) is 4.74 Å². The molecule has 0 spiro atoms. The molecule has 1 N–H and O–H groups in total. The van der Waals surface area contributed by atoms with Gasteiger partial charge in [0.05, 0.1) is 6.61 Å². The van der Waals surface area contributed by atoms with Crippen molar-refractivity contribution in [2.75, 3.05) is 33.9 Å². The van der Waals surface area contributed by atoms with E-state index in [1.54, 1.807) is 20.0 Å². The largest absolute Gasteiger partial charge is 0.381 e. The van der Waals surface area contributed by atoms with E-state index in [-0.39, 0.29) is 29.8 Å². The first-order valence-electron chi connectivity index (χ1n) is 7.34. The van der Waals surface area contributed by atoms with E-state index in [1.807, 2.05) is 13.1 Å². The van der Waals surface area contributed by atoms with Crippen LogP contribution in [0.5, 0.6) is 0 Å². The van der Waals surface area contributed by atoms with E-state index in [9.17, 15) is 4.39 Å². The maximum atomic E-state index is 13.3. The lowest BCUT2D eigenvalue weighted by Gasteiger charge is -2.24. The summed E-state index contributed by atoms with van der Waals surface area (Å²) in [5, 5.41) is 3.32. The smallest absolute Gasteiger partial charge is 0.193 e. The highest BCUT2D eigenvalue weighted by Gasteiger charge is 2.18. The van der Waals surface area contributed by atoms with Crippen molar-refractivity contribution in [3.63, 3.8) is 0 Å². The molecule has 1 fully saturated rings. The summed E-state index contributed by atoms with van der Waals surface area (Å²) < 4.78 is 18.7. The van der Waals surface area contributed by atoms with Crippen LogP contribution in [0, 0.1) is 18.7 Å². The van der Waals surface area contributed by atoms with Crippen molar-refractivity contribution in [3.05, 3.63) is 35.1 Å². The van der Waals surface area contributed by atoms with Gasteiger partial charge in [-0.3, -0.25) is 4.99 Å². The number of guanidine groups is 1. The second-order valence-electron chi connectivity index (χ2n) is 5.59. The Balaban J connectivity index is 0.00000242. The number of benzene rings is 1. The first kappa shape index (κ1) is 19.2. The van der Waals surface area contributed by atoms with Crippen molar-refractivity contribution >= 4 is 29.9 Å². The van der Waals surface area contributed by atoms with Gasteiger partial charge in [-0.1, -0.05) is 12.1 Å². The Kier molecular flexibility index (Phi) is 8.09. The Hall–Kier alpha value is -0.890. The number of nitrogens with one attached hydrogen (secondary N) is 1. The van der Waals surface area contributed by atoms with Gasteiger partial charge in [0.1, 0.15) is 5.82 Å². The van der Waals surface area contributed by atoms with E-state index in [2.05, 4.69) is 15.2 Å². The van der Waals surface area contributed by atoms with E-state index in [1.165, 1.54) is 6.07 Å². The maximum absolute atomic E-state index is 13.3. The molecule has 0 saturated carbocycles. The highest BCUT2D eigenvalue weighted by molar-refractivity contribution is 14.0. The van der Waals surface area contributed by atoms with Gasteiger partial charge in [-0.05, 0) is 30.5 Å². The number of hydrogen-bond acceptors (Lipinski definition) is 2. The van der Waals surface area contributed by atoms with Gasteiger partial charge in [-0.25, -0.2) is 4.39 Å². The number of nitrogens with zero attached hydrogens (tertiary/aromatic N) is 2. The Morgan fingerprint density at radius 2 is 2.27 bits per heavy atom. The molecule has 1 aliphatic rings. The minimum Gasteiger partial charge on any atom is -0.381 e. The van der Waals surface area contributed by atoms with E-state index in [0.29, 0.717) is 18.0 Å². The van der Waals surface area contributed by atoms with Crippen LogP contribution in [-0.2, 0) is 11.3 Å². The van der Waals surface area contributed by atoms with Gasteiger partial charge in [-0.2, -0.15) is 0 Å². The fourth-order valence-corrected chi connectivity index (χ4v) is 2.58. The Morgan fingerprint density at radius 3 is 2.86 bits per heavy atom. The lowest BCUT2D eigenvalue weighted by molar-refractivity contribution is 0.181. The summed E-state index contributed by atoms with van der Waals surface area (Å²) in [6.07, 6.45) is 1.11. The summed E-state index contributed by atoms with van der Waals surface area (Å²) in [6, 6.07) is 5.17. The van der Waals surface area contributed by atoms with Crippen LogP contribution in [0.25, 0.3) is 0 Å². The van der Waals surface area contributed by atoms with Crippen LogP contribution in [0.15, 0.2) is 23.2 Å². The van der Waals surface area contributed by atoms with Gasteiger partial charge < -0.3 is 15.0 Å². The topological polar surface area (TPSA) is 36.9 Å². The molecule has 6 heteroatoms. The molecule has 1 heterocycles. The van der Waals surface area contributed by atoms with Gasteiger partial charge >= 0.3 is 0 Å². The fourth-order valence-electron chi connectivity index (χ4n) is 2.58. The molecule has 0 bridgehead atoms. The van der Waals surface area contributed by atoms with Gasteiger partial charge in [0.2, 0.25) is 0 Å². The number of aliphatic imine (C=N–C) groups is 1. The first-order valence-corrected chi connectivity index (χ1v) is 7.34. The standard InChI is InChI=1S/C16H24FN3O.HI/c1-12-8-13(4-5-15(12)17)9-19-16(18-2)20(3)10-14-6-7-21-11-14;/h4-5,8,14H,6-7,9-11H2,1-3H3,(H,18,19);1H. The molecule has 124 valence electrons. The maximum Gasteiger partial charge on any atom is 0.193 e. The fraction of sp³-hybridized carbons (Fsp3) is 0.562. The Morgan fingerprint density at radius 1 is 1.50 bits per heavy atom. The van der Waals surface area contributed by atoms with Crippen LogP contribution in [0.3, 0.4) is 0 Å². The molecule has 2 rings (SSSR count). The van der Waals surface area contributed by atoms with Crippen LogP contribution in [-0.4, -0.2) is 44.7 Å². The van der Waals surface area contributed by atoms with Gasteiger partial charge in [0.25, 0.3) is 0 Å². The van der Waals surface area contributed by atoms with Crippen molar-refractivity contribution in [3.8, 4) is 0 Å². The molecule has 1 aromatic rings. The van der Waals surface area contributed by atoms with Crippen LogP contribution >= 0.6 is 24.0 Å². The van der Waals surface area contributed by atoms with Crippen LogP contribution < -0.4 is 5.32 Å². The summed E-state index contributed by atoms with van der Waals surface area (Å²) >= 11 is 0. The monoisotopic (exact) mass is 421 g/mol. The molecule has 0 aliphatic carbocycles. The second-order valence-corrected chi connectivity index (χ2v) is 5.59. The molecular weight excluding hydrogens is 396 g/mol. The van der Waals surface area contributed by atoms with Gasteiger partial charge in [0, 0.05) is 39.7 Å².